The van der Waals surface area contributed by atoms with Crippen LogP contribution in [0, 0.1) is 16.7 Å². The summed E-state index contributed by atoms with van der Waals surface area (Å²) in [6.45, 7) is 10.5. The fourth-order valence-electron chi connectivity index (χ4n) is 5.19. The Kier molecular flexibility index (Phi) is 6.30. The molecule has 1 atom stereocenters. The van der Waals surface area contributed by atoms with Crippen LogP contribution in [0.25, 0.3) is 0 Å². The highest BCUT2D eigenvalue weighted by molar-refractivity contribution is 6.23. The highest BCUT2D eigenvalue weighted by atomic mass is 16.5. The Morgan fingerprint density at radius 3 is 2.11 bits per heavy atom. The van der Waals surface area contributed by atoms with Gasteiger partial charge in [0.25, 0.3) is 5.91 Å². The standard InChI is InChI=1S/C28H32N2O5/c1-6-35-26(34)19-12-14-20(15-13-19)30-22(31)16-21(24(30)32)29(17-18-10-8-7-9-11-18)25(33)23-27(2,3)28(23,4)5/h7-15,21,23H,6,16-17H2,1-5H3. The van der Waals surface area contributed by atoms with Gasteiger partial charge in [0.05, 0.1) is 24.3 Å². The number of benzene rings is 2. The zero-order chi connectivity index (χ0) is 25.5. The average molecular weight is 477 g/mol. The van der Waals surface area contributed by atoms with Crippen LogP contribution < -0.4 is 4.90 Å². The van der Waals surface area contributed by atoms with Crippen LogP contribution in [0.3, 0.4) is 0 Å². The van der Waals surface area contributed by atoms with Crippen molar-refractivity contribution < 1.29 is 23.9 Å². The van der Waals surface area contributed by atoms with Crippen molar-refractivity contribution in [2.75, 3.05) is 11.5 Å². The minimum atomic E-state index is -0.882. The van der Waals surface area contributed by atoms with E-state index in [1.54, 1.807) is 24.0 Å². The number of carbonyl (C=O) groups is 4. The predicted octanol–water partition coefficient (Wildman–Crippen LogP) is 4.21. The molecular formula is C28H32N2O5. The molecule has 2 aliphatic rings. The van der Waals surface area contributed by atoms with Crippen LogP contribution in [0.4, 0.5) is 5.69 Å². The summed E-state index contributed by atoms with van der Waals surface area (Å²) in [4.78, 5) is 55.0. The molecule has 2 aromatic carbocycles. The molecule has 35 heavy (non-hydrogen) atoms. The highest BCUT2D eigenvalue weighted by Gasteiger charge is 2.69. The molecular weight excluding hydrogens is 444 g/mol. The molecule has 1 aliphatic heterocycles. The molecule has 4 rings (SSSR count). The van der Waals surface area contributed by atoms with Gasteiger partial charge in [-0.3, -0.25) is 14.4 Å². The van der Waals surface area contributed by atoms with Crippen LogP contribution in [0.1, 0.15) is 57.0 Å². The van der Waals surface area contributed by atoms with Gasteiger partial charge in [-0.25, -0.2) is 9.69 Å². The van der Waals surface area contributed by atoms with Gasteiger partial charge >= 0.3 is 5.97 Å². The molecule has 2 aromatic rings. The third-order valence-corrected chi connectivity index (χ3v) is 7.88. The first-order chi connectivity index (χ1) is 16.5. The lowest BCUT2D eigenvalue weighted by atomic mass is 10.0. The van der Waals surface area contributed by atoms with Gasteiger partial charge in [-0.05, 0) is 47.6 Å². The van der Waals surface area contributed by atoms with E-state index >= 15 is 0 Å². The van der Waals surface area contributed by atoms with Crippen LogP contribution in [0.5, 0.6) is 0 Å². The number of anilines is 1. The van der Waals surface area contributed by atoms with Crippen LogP contribution in [0.15, 0.2) is 54.6 Å². The normalized spacial score (nSPS) is 20.6. The zero-order valence-corrected chi connectivity index (χ0v) is 20.9. The molecule has 1 unspecified atom stereocenters. The topological polar surface area (TPSA) is 84.0 Å². The number of carbonyl (C=O) groups excluding carboxylic acids is 4. The van der Waals surface area contributed by atoms with E-state index in [4.69, 9.17) is 4.74 Å². The van der Waals surface area contributed by atoms with Gasteiger partial charge in [0.2, 0.25) is 11.8 Å². The van der Waals surface area contributed by atoms with E-state index in [1.165, 1.54) is 12.1 Å². The maximum atomic E-state index is 13.8. The van der Waals surface area contributed by atoms with Crippen LogP contribution >= 0.6 is 0 Å². The number of hydrogen-bond acceptors (Lipinski definition) is 5. The lowest BCUT2D eigenvalue weighted by Crippen LogP contribution is -2.46. The summed E-state index contributed by atoms with van der Waals surface area (Å²) in [6, 6.07) is 14.8. The first-order valence-electron chi connectivity index (χ1n) is 12.0. The maximum Gasteiger partial charge on any atom is 0.338 e. The van der Waals surface area contributed by atoms with Crippen molar-refractivity contribution in [3.63, 3.8) is 0 Å². The Balaban J connectivity index is 1.62. The summed E-state index contributed by atoms with van der Waals surface area (Å²) in [5.41, 5.74) is 1.20. The third kappa shape index (κ3) is 4.24. The monoisotopic (exact) mass is 476 g/mol. The molecule has 3 amide bonds. The number of hydrogen-bond donors (Lipinski definition) is 0. The Bertz CT molecular complexity index is 1140. The van der Waals surface area contributed by atoms with E-state index in [0.29, 0.717) is 11.3 Å². The zero-order valence-electron chi connectivity index (χ0n) is 20.9. The summed E-state index contributed by atoms with van der Waals surface area (Å²) in [6.07, 6.45) is -0.0788. The quantitative estimate of drug-likeness (QED) is 0.442. The second-order valence-corrected chi connectivity index (χ2v) is 10.4. The fourth-order valence-corrected chi connectivity index (χ4v) is 5.19. The summed E-state index contributed by atoms with van der Waals surface area (Å²) < 4.78 is 5.00. The summed E-state index contributed by atoms with van der Waals surface area (Å²) in [5, 5.41) is 0. The molecule has 0 spiro atoms. The first kappa shape index (κ1) is 24.6. The lowest BCUT2D eigenvalue weighted by Gasteiger charge is -2.29. The van der Waals surface area contributed by atoms with E-state index in [9.17, 15) is 19.2 Å². The Morgan fingerprint density at radius 2 is 1.57 bits per heavy atom. The molecule has 1 saturated carbocycles. The van der Waals surface area contributed by atoms with E-state index < -0.39 is 17.9 Å². The second kappa shape index (κ2) is 8.95. The molecule has 184 valence electrons. The van der Waals surface area contributed by atoms with Crippen molar-refractivity contribution in [3.8, 4) is 0 Å². The van der Waals surface area contributed by atoms with Crippen LogP contribution in [0.2, 0.25) is 0 Å². The summed E-state index contributed by atoms with van der Waals surface area (Å²) >= 11 is 0. The number of nitrogens with zero attached hydrogens (tertiary/aromatic N) is 2. The molecule has 2 fully saturated rings. The van der Waals surface area contributed by atoms with Crippen molar-refractivity contribution in [3.05, 3.63) is 65.7 Å². The van der Waals surface area contributed by atoms with E-state index in [-0.39, 0.29) is 48.1 Å². The van der Waals surface area contributed by atoms with Crippen molar-refractivity contribution in [2.45, 2.75) is 53.6 Å². The second-order valence-electron chi connectivity index (χ2n) is 10.4. The molecule has 0 bridgehead atoms. The van der Waals surface area contributed by atoms with Crippen LogP contribution in [-0.2, 0) is 25.7 Å². The molecule has 0 aromatic heterocycles. The first-order valence-corrected chi connectivity index (χ1v) is 12.0. The van der Waals surface area contributed by atoms with Crippen molar-refractivity contribution >= 4 is 29.4 Å². The number of rotatable bonds is 7. The molecule has 1 aliphatic carbocycles. The van der Waals surface area contributed by atoms with Gasteiger partial charge in [0, 0.05) is 12.5 Å². The number of ether oxygens (including phenoxy) is 1. The minimum absolute atomic E-state index is 0.0788. The minimum Gasteiger partial charge on any atom is -0.462 e. The third-order valence-electron chi connectivity index (χ3n) is 7.88. The summed E-state index contributed by atoms with van der Waals surface area (Å²) in [7, 11) is 0. The van der Waals surface area contributed by atoms with E-state index in [1.807, 2.05) is 30.3 Å². The van der Waals surface area contributed by atoms with Gasteiger partial charge in [-0.1, -0.05) is 58.0 Å². The largest absolute Gasteiger partial charge is 0.462 e. The van der Waals surface area contributed by atoms with Gasteiger partial charge in [-0.15, -0.1) is 0 Å². The van der Waals surface area contributed by atoms with E-state index in [2.05, 4.69) is 27.7 Å². The highest BCUT2D eigenvalue weighted by Crippen LogP contribution is 2.69. The van der Waals surface area contributed by atoms with Crippen molar-refractivity contribution in [2.24, 2.45) is 16.7 Å². The SMILES string of the molecule is CCOC(=O)c1ccc(N2C(=O)CC(N(Cc3ccccc3)C(=O)C3C(C)(C)C3(C)C)C2=O)cc1. The molecule has 7 nitrogen and oxygen atoms in total. The Hall–Kier alpha value is -3.48. The van der Waals surface area contributed by atoms with E-state index in [0.717, 1.165) is 10.5 Å². The van der Waals surface area contributed by atoms with Gasteiger partial charge in [-0.2, -0.15) is 0 Å². The molecule has 0 N–H and O–H groups in total. The number of amides is 3. The van der Waals surface area contributed by atoms with Gasteiger partial charge < -0.3 is 9.64 Å². The average Bonchev–Trinajstić information content (AvgIpc) is 3.05. The molecule has 1 saturated heterocycles. The van der Waals surface area contributed by atoms with Gasteiger partial charge in [0.15, 0.2) is 0 Å². The summed E-state index contributed by atoms with van der Waals surface area (Å²) in [5.74, 6) is -1.61. The Morgan fingerprint density at radius 1 is 0.971 bits per heavy atom. The predicted molar refractivity (Wildman–Crippen MR) is 131 cm³/mol. The van der Waals surface area contributed by atoms with Crippen LogP contribution in [-0.4, -0.2) is 41.2 Å². The smallest absolute Gasteiger partial charge is 0.338 e. The maximum absolute atomic E-state index is 13.8. The number of imide groups is 1. The number of esters is 1. The Labute approximate surface area is 206 Å². The van der Waals surface area contributed by atoms with Gasteiger partial charge in [0.1, 0.15) is 6.04 Å². The van der Waals surface area contributed by atoms with Crippen molar-refractivity contribution in [1.29, 1.82) is 0 Å². The fraction of sp³-hybridized carbons (Fsp3) is 0.429. The molecule has 1 heterocycles. The lowest BCUT2D eigenvalue weighted by molar-refractivity contribution is -0.141. The van der Waals surface area contributed by atoms with Crippen molar-refractivity contribution in [1.82, 2.24) is 4.90 Å². The molecule has 0 radical (unpaired) electrons. The molecule has 7 heteroatoms.